The van der Waals surface area contributed by atoms with Crippen molar-refractivity contribution in [1.29, 1.82) is 0 Å². The molecule has 0 saturated carbocycles. The number of alkyl halides is 3. The van der Waals surface area contributed by atoms with E-state index in [1.807, 2.05) is 4.57 Å². The van der Waals surface area contributed by atoms with Gasteiger partial charge in [0.2, 0.25) is 0 Å². The third-order valence-electron chi connectivity index (χ3n) is 4.21. The van der Waals surface area contributed by atoms with Gasteiger partial charge in [0.15, 0.2) is 5.82 Å². The van der Waals surface area contributed by atoms with Crippen LogP contribution in [0.1, 0.15) is 17.2 Å². The number of hydrogen-bond acceptors (Lipinski definition) is 5. The van der Waals surface area contributed by atoms with E-state index in [1.54, 1.807) is 37.6 Å². The fourth-order valence-corrected chi connectivity index (χ4v) is 2.86. The Labute approximate surface area is 152 Å². The fourth-order valence-electron chi connectivity index (χ4n) is 2.86. The van der Waals surface area contributed by atoms with Gasteiger partial charge in [-0.25, -0.2) is 14.6 Å². The molecule has 0 atom stereocenters. The van der Waals surface area contributed by atoms with Gasteiger partial charge in [-0.2, -0.15) is 13.2 Å². The topological polar surface area (TPSA) is 67.0 Å². The summed E-state index contributed by atoms with van der Waals surface area (Å²) in [4.78, 5) is 8.08. The highest BCUT2D eigenvalue weighted by atomic mass is 19.4. The predicted molar refractivity (Wildman–Crippen MR) is 88.0 cm³/mol. The zero-order chi connectivity index (χ0) is 19.0. The Balaban J connectivity index is 1.72. The number of methoxy groups -OCH3 is 1. The molecule has 1 aromatic carbocycles. The van der Waals surface area contributed by atoms with Crippen LogP contribution in [-0.4, -0.2) is 38.0 Å². The van der Waals surface area contributed by atoms with Gasteiger partial charge in [0.1, 0.15) is 23.9 Å². The number of hydrogen-bond donors (Lipinski definition) is 0. The van der Waals surface area contributed by atoms with E-state index >= 15 is 0 Å². The monoisotopic (exact) mass is 379 g/mol. The molecule has 10 heteroatoms. The van der Waals surface area contributed by atoms with E-state index in [0.29, 0.717) is 37.0 Å². The summed E-state index contributed by atoms with van der Waals surface area (Å²) >= 11 is 0. The second kappa shape index (κ2) is 6.69. The lowest BCUT2D eigenvalue weighted by atomic mass is 10.2. The molecule has 0 spiro atoms. The van der Waals surface area contributed by atoms with Gasteiger partial charge in [-0.1, -0.05) is 12.1 Å². The van der Waals surface area contributed by atoms with E-state index in [0.717, 1.165) is 5.56 Å². The summed E-state index contributed by atoms with van der Waals surface area (Å²) in [6.07, 6.45) is -2.95. The normalized spacial score (nSPS) is 14.2. The van der Waals surface area contributed by atoms with Crippen LogP contribution in [0.15, 0.2) is 30.5 Å². The highest BCUT2D eigenvalue weighted by molar-refractivity contribution is 5.49. The number of halogens is 3. The van der Waals surface area contributed by atoms with Crippen LogP contribution in [0.3, 0.4) is 0 Å². The van der Waals surface area contributed by atoms with Crippen molar-refractivity contribution in [3.05, 3.63) is 47.7 Å². The van der Waals surface area contributed by atoms with Gasteiger partial charge in [0.05, 0.1) is 20.3 Å². The Morgan fingerprint density at radius 2 is 1.96 bits per heavy atom. The molecule has 1 aliphatic rings. The molecule has 0 unspecified atom stereocenters. The first-order chi connectivity index (χ1) is 12.9. The molecule has 142 valence electrons. The molecule has 1 aliphatic heterocycles. The highest BCUT2D eigenvalue weighted by Gasteiger charge is 2.37. The summed E-state index contributed by atoms with van der Waals surface area (Å²) in [5.41, 5.74) is 1.11. The van der Waals surface area contributed by atoms with Crippen LogP contribution < -0.4 is 4.74 Å². The Hall–Kier alpha value is -2.88. The lowest BCUT2D eigenvalue weighted by molar-refractivity contribution is -0.144. The first kappa shape index (κ1) is 17.5. The van der Waals surface area contributed by atoms with Gasteiger partial charge in [-0.05, 0) is 17.7 Å². The van der Waals surface area contributed by atoms with E-state index in [-0.39, 0.29) is 12.4 Å². The van der Waals surface area contributed by atoms with Crippen molar-refractivity contribution >= 4 is 0 Å². The van der Waals surface area contributed by atoms with Gasteiger partial charge >= 0.3 is 6.18 Å². The third-order valence-corrected chi connectivity index (χ3v) is 4.21. The van der Waals surface area contributed by atoms with Crippen LogP contribution in [0.2, 0.25) is 0 Å². The summed E-state index contributed by atoms with van der Waals surface area (Å²) in [6.45, 7) is 1.58. The molecule has 0 bridgehead atoms. The van der Waals surface area contributed by atoms with Crippen molar-refractivity contribution < 1.29 is 22.6 Å². The largest absolute Gasteiger partial charge is 0.497 e. The summed E-state index contributed by atoms with van der Waals surface area (Å²) in [6, 6.07) is 7.01. The smallest absolute Gasteiger partial charge is 0.453 e. The Bertz CT molecular complexity index is 923. The maximum atomic E-state index is 13.2. The molecular formula is C17H16F3N5O2. The van der Waals surface area contributed by atoms with Crippen molar-refractivity contribution in [1.82, 2.24) is 24.3 Å². The second-order valence-corrected chi connectivity index (χ2v) is 6.05. The third kappa shape index (κ3) is 3.52. The fraction of sp³-hybridized carbons (Fsp3) is 0.353. The highest BCUT2D eigenvalue weighted by Crippen LogP contribution is 2.29. The van der Waals surface area contributed by atoms with Gasteiger partial charge in [0.25, 0.3) is 5.82 Å². The van der Waals surface area contributed by atoms with E-state index in [4.69, 9.17) is 9.47 Å². The molecule has 0 amide bonds. The molecule has 0 aliphatic carbocycles. The summed E-state index contributed by atoms with van der Waals surface area (Å²) in [5, 5.41) is 3.67. The zero-order valence-corrected chi connectivity index (χ0v) is 14.4. The first-order valence-corrected chi connectivity index (χ1v) is 8.23. The number of ether oxygens (including phenoxy) is 2. The first-order valence-electron chi connectivity index (χ1n) is 8.23. The number of imidazole rings is 1. The molecule has 0 N–H and O–H groups in total. The molecule has 3 aromatic rings. The van der Waals surface area contributed by atoms with Crippen LogP contribution in [0.25, 0.3) is 11.5 Å². The average molecular weight is 379 g/mol. The number of fused-ring (bicyclic) bond motifs is 1. The molecular weight excluding hydrogens is 363 g/mol. The number of nitrogens with zero attached hydrogens (tertiary/aromatic N) is 5. The maximum absolute atomic E-state index is 13.2. The van der Waals surface area contributed by atoms with E-state index in [1.165, 1.54) is 4.68 Å². The molecule has 7 nitrogen and oxygen atoms in total. The van der Waals surface area contributed by atoms with E-state index < -0.39 is 12.0 Å². The molecule has 0 fully saturated rings. The average Bonchev–Trinajstić information content (AvgIpc) is 3.25. The maximum Gasteiger partial charge on any atom is 0.453 e. The van der Waals surface area contributed by atoms with Crippen molar-refractivity contribution in [3.63, 3.8) is 0 Å². The van der Waals surface area contributed by atoms with Crippen LogP contribution in [0, 0.1) is 0 Å². The molecule has 0 radical (unpaired) electrons. The Kier molecular flexibility index (Phi) is 4.34. The Morgan fingerprint density at radius 1 is 1.19 bits per heavy atom. The minimum Gasteiger partial charge on any atom is -0.497 e. The van der Waals surface area contributed by atoms with Gasteiger partial charge in [0, 0.05) is 12.7 Å². The minimum absolute atomic E-state index is 0.0695. The molecule has 27 heavy (non-hydrogen) atoms. The van der Waals surface area contributed by atoms with Crippen molar-refractivity contribution in [2.45, 2.75) is 25.9 Å². The minimum atomic E-state index is -4.64. The number of aromatic nitrogens is 5. The molecule has 2 aromatic heterocycles. The van der Waals surface area contributed by atoms with Gasteiger partial charge < -0.3 is 14.0 Å². The number of benzene rings is 1. The SMILES string of the molecule is COc1ccc(Cn2nc(C(F)(F)F)nc2-c2cn3c(n2)COCC3)cc1. The second-order valence-electron chi connectivity index (χ2n) is 6.05. The van der Waals surface area contributed by atoms with Gasteiger partial charge in [-0.3, -0.25) is 0 Å². The van der Waals surface area contributed by atoms with Crippen molar-refractivity contribution in [3.8, 4) is 17.3 Å². The van der Waals surface area contributed by atoms with Crippen LogP contribution in [0.4, 0.5) is 13.2 Å². The molecule has 0 saturated heterocycles. The summed E-state index contributed by atoms with van der Waals surface area (Å²) < 4.78 is 53.0. The number of rotatable bonds is 4. The van der Waals surface area contributed by atoms with Crippen molar-refractivity contribution in [2.75, 3.05) is 13.7 Å². The van der Waals surface area contributed by atoms with Crippen molar-refractivity contribution in [2.24, 2.45) is 0 Å². The Morgan fingerprint density at radius 3 is 2.63 bits per heavy atom. The summed E-state index contributed by atoms with van der Waals surface area (Å²) in [7, 11) is 1.55. The van der Waals surface area contributed by atoms with Crippen LogP contribution in [-0.2, 0) is 30.6 Å². The lowest BCUT2D eigenvalue weighted by Crippen LogP contribution is -2.15. The van der Waals surface area contributed by atoms with E-state index in [9.17, 15) is 13.2 Å². The molecule has 4 rings (SSSR count). The van der Waals surface area contributed by atoms with Crippen LogP contribution in [0.5, 0.6) is 5.75 Å². The standard InChI is InChI=1S/C17H16F3N5O2/c1-26-12-4-2-11(3-5-12)8-25-15(22-16(23-25)17(18,19)20)13-9-24-6-7-27-10-14(24)21-13/h2-5,9H,6-8,10H2,1H3. The zero-order valence-electron chi connectivity index (χ0n) is 14.4. The predicted octanol–water partition coefficient (Wildman–Crippen LogP) is 2.75. The van der Waals surface area contributed by atoms with Gasteiger partial charge in [-0.15, -0.1) is 5.10 Å². The lowest BCUT2D eigenvalue weighted by Gasteiger charge is -2.13. The molecule has 3 heterocycles. The quantitative estimate of drug-likeness (QED) is 0.697. The van der Waals surface area contributed by atoms with Crippen LogP contribution >= 0.6 is 0 Å². The van der Waals surface area contributed by atoms with E-state index in [2.05, 4.69) is 15.1 Å². The summed E-state index contributed by atoms with van der Waals surface area (Å²) in [5.74, 6) is 0.201.